The van der Waals surface area contributed by atoms with Gasteiger partial charge in [0.2, 0.25) is 0 Å². The van der Waals surface area contributed by atoms with Crippen LogP contribution in [-0.4, -0.2) is 21.2 Å². The summed E-state index contributed by atoms with van der Waals surface area (Å²) in [5.41, 5.74) is 1.70. The van der Waals surface area contributed by atoms with Crippen LogP contribution in [0.2, 0.25) is 0 Å². The summed E-state index contributed by atoms with van der Waals surface area (Å²) in [6.45, 7) is 6.13. The van der Waals surface area contributed by atoms with Gasteiger partial charge in [-0.25, -0.2) is 14.2 Å². The number of rotatable bonds is 5. The summed E-state index contributed by atoms with van der Waals surface area (Å²) >= 11 is 0. The van der Waals surface area contributed by atoms with Gasteiger partial charge in [0, 0.05) is 11.5 Å². The largest absolute Gasteiger partial charge is 0.465 e. The highest BCUT2D eigenvalue weighted by Crippen LogP contribution is 2.43. The van der Waals surface area contributed by atoms with Crippen molar-refractivity contribution in [1.29, 1.82) is 5.26 Å². The SMILES string of the molecule is CC(C)(C)[C@@H](c1ccccc1)C(NC(=O)O)c1ncc(-c2ccc(C#N)c(F)c2)[nH]1. The lowest BCUT2D eigenvalue weighted by molar-refractivity contribution is 0.176. The molecule has 0 saturated carbocycles. The van der Waals surface area contributed by atoms with Gasteiger partial charge in [0.25, 0.3) is 0 Å². The van der Waals surface area contributed by atoms with E-state index < -0.39 is 18.0 Å². The Labute approximate surface area is 174 Å². The first-order valence-corrected chi connectivity index (χ1v) is 9.50. The van der Waals surface area contributed by atoms with Gasteiger partial charge >= 0.3 is 6.09 Å². The average molecular weight is 406 g/mol. The van der Waals surface area contributed by atoms with E-state index in [4.69, 9.17) is 5.26 Å². The van der Waals surface area contributed by atoms with E-state index in [1.54, 1.807) is 12.1 Å². The molecule has 0 saturated heterocycles. The number of nitrogens with one attached hydrogen (secondary N) is 2. The fourth-order valence-corrected chi connectivity index (χ4v) is 3.71. The van der Waals surface area contributed by atoms with Crippen LogP contribution in [0, 0.1) is 22.6 Å². The Kier molecular flexibility index (Phi) is 5.88. The van der Waals surface area contributed by atoms with Crippen molar-refractivity contribution >= 4 is 6.09 Å². The molecule has 1 unspecified atom stereocenters. The number of hydrogen-bond donors (Lipinski definition) is 3. The maximum Gasteiger partial charge on any atom is 0.405 e. The van der Waals surface area contributed by atoms with E-state index >= 15 is 0 Å². The van der Waals surface area contributed by atoms with Crippen LogP contribution in [0.25, 0.3) is 11.3 Å². The van der Waals surface area contributed by atoms with Crippen LogP contribution < -0.4 is 5.32 Å². The second-order valence-electron chi connectivity index (χ2n) is 8.17. The minimum absolute atomic E-state index is 0.0409. The van der Waals surface area contributed by atoms with Crippen molar-refractivity contribution in [2.45, 2.75) is 32.7 Å². The highest BCUT2D eigenvalue weighted by molar-refractivity contribution is 5.66. The highest BCUT2D eigenvalue weighted by atomic mass is 19.1. The molecule has 7 heteroatoms. The van der Waals surface area contributed by atoms with Gasteiger partial charge in [-0.3, -0.25) is 0 Å². The molecule has 3 rings (SSSR count). The third-order valence-electron chi connectivity index (χ3n) is 4.99. The lowest BCUT2D eigenvalue weighted by Gasteiger charge is -2.36. The van der Waals surface area contributed by atoms with Gasteiger partial charge in [-0.2, -0.15) is 5.26 Å². The Balaban J connectivity index is 2.05. The Hall–Kier alpha value is -3.66. The normalized spacial score (nSPS) is 13.3. The van der Waals surface area contributed by atoms with Crippen LogP contribution >= 0.6 is 0 Å². The Morgan fingerprint density at radius 1 is 1.23 bits per heavy atom. The lowest BCUT2D eigenvalue weighted by Crippen LogP contribution is -2.37. The summed E-state index contributed by atoms with van der Waals surface area (Å²) in [6.07, 6.45) is 0.379. The standard InChI is InChI=1S/C23H23FN4O2/c1-23(2,3)19(14-7-5-4-6-8-14)20(28-22(29)30)21-26-13-18(27-21)15-9-10-16(12-25)17(24)11-15/h4-11,13,19-20,28H,1-3H3,(H,26,27)(H,29,30)/t19-,20?/m0/s1. The van der Waals surface area contributed by atoms with Crippen molar-refractivity contribution in [3.8, 4) is 17.3 Å². The molecule has 1 amide bonds. The molecule has 30 heavy (non-hydrogen) atoms. The molecular weight excluding hydrogens is 383 g/mol. The minimum atomic E-state index is -1.16. The number of carbonyl (C=O) groups is 1. The number of amides is 1. The number of aromatic nitrogens is 2. The van der Waals surface area contributed by atoms with E-state index in [9.17, 15) is 14.3 Å². The number of nitrogens with zero attached hydrogens (tertiary/aromatic N) is 2. The zero-order chi connectivity index (χ0) is 21.9. The number of benzene rings is 2. The molecule has 2 aromatic carbocycles. The number of halogens is 1. The van der Waals surface area contributed by atoms with Crippen molar-refractivity contribution in [3.05, 3.63) is 77.5 Å². The van der Waals surface area contributed by atoms with Gasteiger partial charge in [-0.1, -0.05) is 57.2 Å². The Morgan fingerprint density at radius 2 is 1.93 bits per heavy atom. The fourth-order valence-electron chi connectivity index (χ4n) is 3.71. The second-order valence-corrected chi connectivity index (χ2v) is 8.17. The van der Waals surface area contributed by atoms with E-state index in [0.29, 0.717) is 17.1 Å². The van der Waals surface area contributed by atoms with Crippen LogP contribution in [0.5, 0.6) is 0 Å². The molecule has 1 aromatic heterocycles. The summed E-state index contributed by atoms with van der Waals surface area (Å²) in [7, 11) is 0. The Morgan fingerprint density at radius 3 is 2.50 bits per heavy atom. The molecule has 0 spiro atoms. The first-order chi connectivity index (χ1) is 14.2. The zero-order valence-electron chi connectivity index (χ0n) is 17.0. The molecule has 0 bridgehead atoms. The van der Waals surface area contributed by atoms with Gasteiger partial charge in [0.15, 0.2) is 0 Å². The van der Waals surface area contributed by atoms with E-state index in [-0.39, 0.29) is 16.9 Å². The minimum Gasteiger partial charge on any atom is -0.465 e. The van der Waals surface area contributed by atoms with Crippen LogP contribution in [0.15, 0.2) is 54.7 Å². The maximum atomic E-state index is 14.0. The van der Waals surface area contributed by atoms with Gasteiger partial charge < -0.3 is 15.4 Å². The van der Waals surface area contributed by atoms with Gasteiger partial charge in [-0.05, 0) is 23.1 Å². The highest BCUT2D eigenvalue weighted by Gasteiger charge is 2.37. The molecule has 3 aromatic rings. The summed E-state index contributed by atoms with van der Waals surface area (Å²) in [5, 5.41) is 21.0. The van der Waals surface area contributed by atoms with Crippen LogP contribution in [0.1, 0.15) is 49.7 Å². The summed E-state index contributed by atoms with van der Waals surface area (Å²) in [5.74, 6) is -0.407. The van der Waals surface area contributed by atoms with Crippen molar-refractivity contribution in [1.82, 2.24) is 15.3 Å². The van der Waals surface area contributed by atoms with Crippen LogP contribution in [0.3, 0.4) is 0 Å². The van der Waals surface area contributed by atoms with Crippen molar-refractivity contribution in [2.24, 2.45) is 5.41 Å². The van der Waals surface area contributed by atoms with Crippen molar-refractivity contribution < 1.29 is 14.3 Å². The molecule has 6 nitrogen and oxygen atoms in total. The number of carboxylic acid groups (broad SMARTS) is 1. The first kappa shape index (κ1) is 21.1. The number of hydrogen-bond acceptors (Lipinski definition) is 3. The van der Waals surface area contributed by atoms with Crippen LogP contribution in [0.4, 0.5) is 9.18 Å². The van der Waals surface area contributed by atoms with Gasteiger partial charge in [-0.15, -0.1) is 0 Å². The smallest absolute Gasteiger partial charge is 0.405 e. The van der Waals surface area contributed by atoms with Crippen LogP contribution in [-0.2, 0) is 0 Å². The molecular formula is C23H23FN4O2. The topological polar surface area (TPSA) is 102 Å². The number of nitriles is 1. The molecule has 0 aliphatic heterocycles. The average Bonchev–Trinajstić information content (AvgIpc) is 3.17. The first-order valence-electron chi connectivity index (χ1n) is 9.50. The fraction of sp³-hybridized carbons (Fsp3) is 0.261. The van der Waals surface area contributed by atoms with E-state index in [1.807, 2.05) is 51.1 Å². The molecule has 0 aliphatic carbocycles. The van der Waals surface area contributed by atoms with Crippen molar-refractivity contribution in [3.63, 3.8) is 0 Å². The number of imidazole rings is 1. The van der Waals surface area contributed by atoms with E-state index in [2.05, 4.69) is 15.3 Å². The van der Waals surface area contributed by atoms with Gasteiger partial charge in [0.1, 0.15) is 17.7 Å². The molecule has 2 atom stereocenters. The van der Waals surface area contributed by atoms with E-state index in [1.165, 1.54) is 18.3 Å². The monoisotopic (exact) mass is 406 g/mol. The second kappa shape index (κ2) is 8.37. The lowest BCUT2D eigenvalue weighted by atomic mass is 9.72. The summed E-state index contributed by atoms with van der Waals surface area (Å²) in [4.78, 5) is 19.1. The quantitative estimate of drug-likeness (QED) is 0.540. The maximum absolute atomic E-state index is 14.0. The Bertz CT molecular complexity index is 1080. The molecule has 1 heterocycles. The molecule has 0 aliphatic rings. The number of H-pyrrole nitrogens is 1. The zero-order valence-corrected chi connectivity index (χ0v) is 17.0. The predicted molar refractivity (Wildman–Crippen MR) is 111 cm³/mol. The molecule has 0 fully saturated rings. The molecule has 3 N–H and O–H groups in total. The molecule has 154 valence electrons. The van der Waals surface area contributed by atoms with Gasteiger partial charge in [0.05, 0.1) is 23.5 Å². The third kappa shape index (κ3) is 4.49. The molecule has 0 radical (unpaired) electrons. The number of aromatic amines is 1. The predicted octanol–water partition coefficient (Wildman–Crippen LogP) is 5.23. The summed E-state index contributed by atoms with van der Waals surface area (Å²) < 4.78 is 14.0. The van der Waals surface area contributed by atoms with E-state index in [0.717, 1.165) is 5.56 Å². The third-order valence-corrected chi connectivity index (χ3v) is 4.99. The van der Waals surface area contributed by atoms with Crippen molar-refractivity contribution in [2.75, 3.05) is 0 Å². The summed E-state index contributed by atoms with van der Waals surface area (Å²) in [6, 6.07) is 15.1.